The lowest BCUT2D eigenvalue weighted by Gasteiger charge is -2.10. The van der Waals surface area contributed by atoms with E-state index in [0.717, 1.165) is 34.6 Å². The average Bonchev–Trinajstić information content (AvgIpc) is 3.31. The number of fused-ring (bicyclic) bond motifs is 1. The SMILES string of the molecule is COC(=O)c1c(NC(=O)COC(=O)c2ccc(SC)cc2OC)sc2c1CCC2. The Bertz CT molecular complexity index is 953. The van der Waals surface area contributed by atoms with Gasteiger partial charge in [-0.25, -0.2) is 9.59 Å². The second kappa shape index (κ2) is 9.32. The van der Waals surface area contributed by atoms with E-state index in [0.29, 0.717) is 16.3 Å². The molecule has 0 unspecified atom stereocenters. The van der Waals surface area contributed by atoms with Crippen molar-refractivity contribution in [2.45, 2.75) is 24.2 Å². The Kier molecular flexibility index (Phi) is 6.81. The highest BCUT2D eigenvalue weighted by atomic mass is 32.2. The van der Waals surface area contributed by atoms with Gasteiger partial charge in [0.1, 0.15) is 16.3 Å². The molecule has 1 aromatic heterocycles. The fourth-order valence-corrected chi connectivity index (χ4v) is 4.87. The van der Waals surface area contributed by atoms with Gasteiger partial charge in [0.25, 0.3) is 5.91 Å². The third kappa shape index (κ3) is 4.56. The minimum atomic E-state index is -0.661. The highest BCUT2D eigenvalue weighted by Gasteiger charge is 2.28. The molecule has 3 rings (SSSR count). The number of methoxy groups -OCH3 is 2. The number of thioether (sulfide) groups is 1. The number of nitrogens with one attached hydrogen (secondary N) is 1. The molecular formula is C20H21NO6S2. The summed E-state index contributed by atoms with van der Waals surface area (Å²) in [7, 11) is 2.78. The van der Waals surface area contributed by atoms with Crippen LogP contribution in [-0.4, -0.2) is 44.9 Å². The van der Waals surface area contributed by atoms with E-state index in [1.54, 1.807) is 18.2 Å². The van der Waals surface area contributed by atoms with E-state index in [1.165, 1.54) is 37.3 Å². The monoisotopic (exact) mass is 435 g/mol. The average molecular weight is 436 g/mol. The zero-order valence-electron chi connectivity index (χ0n) is 16.3. The van der Waals surface area contributed by atoms with Gasteiger partial charge in [0.15, 0.2) is 6.61 Å². The van der Waals surface area contributed by atoms with Crippen LogP contribution >= 0.6 is 23.1 Å². The molecule has 1 aliphatic carbocycles. The summed E-state index contributed by atoms with van der Waals surface area (Å²) in [5.41, 5.74) is 1.58. The first-order valence-corrected chi connectivity index (χ1v) is 10.9. The van der Waals surface area contributed by atoms with Gasteiger partial charge < -0.3 is 19.5 Å². The number of carbonyl (C=O) groups is 3. The molecule has 1 aromatic carbocycles. The zero-order valence-corrected chi connectivity index (χ0v) is 18.0. The minimum absolute atomic E-state index is 0.239. The summed E-state index contributed by atoms with van der Waals surface area (Å²) in [6, 6.07) is 5.11. The molecule has 9 heteroatoms. The van der Waals surface area contributed by atoms with Crippen LogP contribution in [0.3, 0.4) is 0 Å². The van der Waals surface area contributed by atoms with E-state index in [1.807, 2.05) is 6.26 Å². The third-order valence-electron chi connectivity index (χ3n) is 4.53. The van der Waals surface area contributed by atoms with Crippen LogP contribution in [-0.2, 0) is 27.1 Å². The number of aryl methyl sites for hydroxylation is 1. The van der Waals surface area contributed by atoms with Gasteiger partial charge >= 0.3 is 11.9 Å². The number of hydrogen-bond donors (Lipinski definition) is 1. The predicted molar refractivity (Wildman–Crippen MR) is 111 cm³/mol. The molecule has 0 saturated carbocycles. The largest absolute Gasteiger partial charge is 0.496 e. The van der Waals surface area contributed by atoms with Crippen molar-refractivity contribution in [2.75, 3.05) is 32.4 Å². The van der Waals surface area contributed by atoms with E-state index in [4.69, 9.17) is 14.2 Å². The fraction of sp³-hybridized carbons (Fsp3) is 0.350. The molecule has 1 aliphatic rings. The summed E-state index contributed by atoms with van der Waals surface area (Å²) >= 11 is 2.89. The lowest BCUT2D eigenvalue weighted by molar-refractivity contribution is -0.119. The van der Waals surface area contributed by atoms with Gasteiger partial charge in [-0.15, -0.1) is 23.1 Å². The van der Waals surface area contributed by atoms with Crippen LogP contribution in [0.4, 0.5) is 5.00 Å². The summed E-state index contributed by atoms with van der Waals surface area (Å²) in [6.45, 7) is -0.477. The van der Waals surface area contributed by atoms with E-state index in [-0.39, 0.29) is 5.56 Å². The maximum atomic E-state index is 12.4. The Morgan fingerprint density at radius 2 is 1.97 bits per heavy atom. The van der Waals surface area contributed by atoms with Crippen LogP contribution in [0.1, 0.15) is 37.6 Å². The highest BCUT2D eigenvalue weighted by Crippen LogP contribution is 2.39. The summed E-state index contributed by atoms with van der Waals surface area (Å²) in [5.74, 6) is -1.28. The molecule has 0 bridgehead atoms. The number of anilines is 1. The van der Waals surface area contributed by atoms with Gasteiger partial charge in [0.05, 0.1) is 19.8 Å². The van der Waals surface area contributed by atoms with Crippen LogP contribution < -0.4 is 10.1 Å². The number of carbonyl (C=O) groups excluding carboxylic acids is 3. The molecule has 7 nitrogen and oxygen atoms in total. The minimum Gasteiger partial charge on any atom is -0.496 e. The number of ether oxygens (including phenoxy) is 3. The van der Waals surface area contributed by atoms with Crippen molar-refractivity contribution in [1.82, 2.24) is 0 Å². The number of hydrogen-bond acceptors (Lipinski definition) is 8. The highest BCUT2D eigenvalue weighted by molar-refractivity contribution is 7.98. The van der Waals surface area contributed by atoms with E-state index < -0.39 is 24.5 Å². The molecule has 0 aliphatic heterocycles. The topological polar surface area (TPSA) is 90.9 Å². The van der Waals surface area contributed by atoms with Gasteiger partial charge in [0.2, 0.25) is 0 Å². The standard InChI is InChI=1S/C20H21NO6S2/c1-25-14-9-11(28-3)7-8-12(14)19(23)27-10-16(22)21-18-17(20(24)26-2)13-5-4-6-15(13)29-18/h7-9H,4-6,10H2,1-3H3,(H,21,22). The predicted octanol–water partition coefficient (Wildman–Crippen LogP) is 3.55. The Morgan fingerprint density at radius 3 is 2.66 bits per heavy atom. The third-order valence-corrected chi connectivity index (χ3v) is 6.46. The Morgan fingerprint density at radius 1 is 1.17 bits per heavy atom. The molecule has 1 heterocycles. The van der Waals surface area contributed by atoms with Crippen molar-refractivity contribution in [3.8, 4) is 5.75 Å². The summed E-state index contributed by atoms with van der Waals surface area (Å²) in [4.78, 5) is 38.8. The van der Waals surface area contributed by atoms with Crippen LogP contribution in [0.2, 0.25) is 0 Å². The maximum Gasteiger partial charge on any atom is 0.342 e. The molecule has 154 valence electrons. The van der Waals surface area contributed by atoms with Crippen molar-refractivity contribution >= 4 is 45.9 Å². The molecule has 0 atom stereocenters. The molecule has 29 heavy (non-hydrogen) atoms. The van der Waals surface area contributed by atoms with Crippen molar-refractivity contribution in [2.24, 2.45) is 0 Å². The Labute approximate surface area is 176 Å². The van der Waals surface area contributed by atoms with Gasteiger partial charge in [-0.05, 0) is 49.3 Å². The second-order valence-corrected chi connectivity index (χ2v) is 8.23. The summed E-state index contributed by atoms with van der Waals surface area (Å²) in [5, 5.41) is 3.11. The van der Waals surface area contributed by atoms with Crippen molar-refractivity contribution in [1.29, 1.82) is 0 Å². The van der Waals surface area contributed by atoms with Gasteiger partial charge in [0, 0.05) is 9.77 Å². The first kappa shape index (κ1) is 21.2. The number of thiophene rings is 1. The lowest BCUT2D eigenvalue weighted by Crippen LogP contribution is -2.22. The van der Waals surface area contributed by atoms with Gasteiger partial charge in [-0.1, -0.05) is 0 Å². The molecule has 0 saturated heterocycles. The Hall–Kier alpha value is -2.52. The van der Waals surface area contributed by atoms with Crippen LogP contribution in [0.5, 0.6) is 5.75 Å². The first-order valence-electron chi connectivity index (χ1n) is 8.90. The van der Waals surface area contributed by atoms with Crippen LogP contribution in [0.15, 0.2) is 23.1 Å². The second-order valence-electron chi connectivity index (χ2n) is 6.24. The quantitative estimate of drug-likeness (QED) is 0.525. The zero-order chi connectivity index (χ0) is 21.0. The molecule has 1 amide bonds. The van der Waals surface area contributed by atoms with Crippen LogP contribution in [0.25, 0.3) is 0 Å². The van der Waals surface area contributed by atoms with Crippen molar-refractivity contribution < 1.29 is 28.6 Å². The number of benzene rings is 1. The van der Waals surface area contributed by atoms with E-state index in [9.17, 15) is 14.4 Å². The molecule has 0 radical (unpaired) electrons. The number of rotatable bonds is 7. The van der Waals surface area contributed by atoms with Gasteiger partial charge in [-0.3, -0.25) is 4.79 Å². The van der Waals surface area contributed by atoms with Crippen molar-refractivity contribution in [3.05, 3.63) is 39.8 Å². The summed E-state index contributed by atoms with van der Waals surface area (Å²) in [6.07, 6.45) is 4.56. The van der Waals surface area contributed by atoms with Crippen molar-refractivity contribution in [3.63, 3.8) is 0 Å². The first-order chi connectivity index (χ1) is 14.0. The molecule has 0 fully saturated rings. The Balaban J connectivity index is 1.67. The molecule has 1 N–H and O–H groups in total. The molecular weight excluding hydrogens is 414 g/mol. The molecule has 0 spiro atoms. The van der Waals surface area contributed by atoms with E-state index >= 15 is 0 Å². The molecule has 2 aromatic rings. The fourth-order valence-electron chi connectivity index (χ4n) is 3.15. The van der Waals surface area contributed by atoms with Gasteiger partial charge in [-0.2, -0.15) is 0 Å². The smallest absolute Gasteiger partial charge is 0.342 e. The number of esters is 2. The summed E-state index contributed by atoms with van der Waals surface area (Å²) < 4.78 is 15.2. The van der Waals surface area contributed by atoms with Crippen LogP contribution in [0, 0.1) is 0 Å². The normalized spacial score (nSPS) is 12.2. The van der Waals surface area contributed by atoms with E-state index in [2.05, 4.69) is 5.32 Å². The number of amides is 1. The lowest BCUT2D eigenvalue weighted by atomic mass is 10.1. The maximum absolute atomic E-state index is 12.4.